The van der Waals surface area contributed by atoms with Gasteiger partial charge in [-0.15, -0.1) is 0 Å². The molecule has 6 nitrogen and oxygen atoms in total. The standard InChI is InChI=1S/C15H17N3O3S/c1-21-7-12(8-2-3-8)16-13(19)9-4-5-10-11(6-9)17-15(22)18-14(10)20/h4-6,8,12H,2-3,7H2,1H3,(H,16,19)(H2,17,18,20,22)/t12-/m0/s1. The Morgan fingerprint density at radius 3 is 2.91 bits per heavy atom. The van der Waals surface area contributed by atoms with Gasteiger partial charge in [-0.05, 0) is 49.2 Å². The highest BCUT2D eigenvalue weighted by atomic mass is 32.1. The molecule has 22 heavy (non-hydrogen) atoms. The smallest absolute Gasteiger partial charge is 0.259 e. The number of amides is 1. The molecule has 1 aromatic heterocycles. The molecule has 1 aromatic carbocycles. The Hall–Kier alpha value is -1.99. The highest BCUT2D eigenvalue weighted by Crippen LogP contribution is 2.32. The van der Waals surface area contributed by atoms with Gasteiger partial charge in [0, 0.05) is 12.7 Å². The van der Waals surface area contributed by atoms with Crippen LogP contribution in [0.15, 0.2) is 23.0 Å². The molecule has 0 saturated heterocycles. The summed E-state index contributed by atoms with van der Waals surface area (Å²) in [6, 6.07) is 4.94. The maximum atomic E-state index is 12.4. The van der Waals surface area contributed by atoms with Crippen molar-refractivity contribution in [2.45, 2.75) is 18.9 Å². The molecule has 1 aliphatic carbocycles. The molecular weight excluding hydrogens is 302 g/mol. The number of fused-ring (bicyclic) bond motifs is 1. The van der Waals surface area contributed by atoms with Crippen LogP contribution in [0.1, 0.15) is 23.2 Å². The Balaban J connectivity index is 1.87. The first kappa shape index (κ1) is 14.9. The lowest BCUT2D eigenvalue weighted by Crippen LogP contribution is -2.39. The lowest BCUT2D eigenvalue weighted by Gasteiger charge is -2.17. The number of hydrogen-bond acceptors (Lipinski definition) is 4. The van der Waals surface area contributed by atoms with E-state index in [0.717, 1.165) is 12.8 Å². The van der Waals surface area contributed by atoms with Gasteiger partial charge in [0.2, 0.25) is 0 Å². The molecule has 7 heteroatoms. The first-order valence-electron chi connectivity index (χ1n) is 7.14. The molecule has 116 valence electrons. The number of H-pyrrole nitrogens is 2. The fraction of sp³-hybridized carbons (Fsp3) is 0.400. The number of benzene rings is 1. The van der Waals surface area contributed by atoms with Crippen molar-refractivity contribution in [1.82, 2.24) is 15.3 Å². The van der Waals surface area contributed by atoms with Crippen LogP contribution in [0.25, 0.3) is 10.9 Å². The number of ether oxygens (including phenoxy) is 1. The van der Waals surface area contributed by atoms with Crippen LogP contribution in [0.4, 0.5) is 0 Å². The van der Waals surface area contributed by atoms with E-state index in [0.29, 0.717) is 29.0 Å². The van der Waals surface area contributed by atoms with E-state index < -0.39 is 0 Å². The van der Waals surface area contributed by atoms with E-state index in [1.54, 1.807) is 25.3 Å². The number of methoxy groups -OCH3 is 1. The minimum Gasteiger partial charge on any atom is -0.383 e. The summed E-state index contributed by atoms with van der Waals surface area (Å²) in [5.74, 6) is 0.327. The maximum absolute atomic E-state index is 12.4. The monoisotopic (exact) mass is 319 g/mol. The fourth-order valence-corrected chi connectivity index (χ4v) is 2.74. The van der Waals surface area contributed by atoms with Crippen LogP contribution < -0.4 is 10.9 Å². The average molecular weight is 319 g/mol. The van der Waals surface area contributed by atoms with Crippen LogP contribution in [0, 0.1) is 10.7 Å². The molecule has 0 radical (unpaired) electrons. The predicted octanol–water partition coefficient (Wildman–Crippen LogP) is 1.74. The molecule has 0 aliphatic heterocycles. The third-order valence-corrected chi connectivity index (χ3v) is 4.06. The molecule has 2 aromatic rings. The summed E-state index contributed by atoms with van der Waals surface area (Å²) in [7, 11) is 1.63. The molecule has 0 bridgehead atoms. The summed E-state index contributed by atoms with van der Waals surface area (Å²) in [5, 5.41) is 3.47. The zero-order valence-corrected chi connectivity index (χ0v) is 13.0. The topological polar surface area (TPSA) is 87.0 Å². The normalized spacial score (nSPS) is 15.7. The number of rotatable bonds is 5. The molecule has 0 spiro atoms. The van der Waals surface area contributed by atoms with Crippen LogP contribution in [-0.2, 0) is 4.74 Å². The van der Waals surface area contributed by atoms with E-state index in [2.05, 4.69) is 15.3 Å². The van der Waals surface area contributed by atoms with Crippen molar-refractivity contribution in [1.29, 1.82) is 0 Å². The number of aromatic amines is 2. The van der Waals surface area contributed by atoms with Gasteiger partial charge in [-0.1, -0.05) is 0 Å². The summed E-state index contributed by atoms with van der Waals surface area (Å²) in [6.07, 6.45) is 2.24. The van der Waals surface area contributed by atoms with Crippen molar-refractivity contribution in [3.63, 3.8) is 0 Å². The Morgan fingerprint density at radius 2 is 2.23 bits per heavy atom. The van der Waals surface area contributed by atoms with E-state index in [1.807, 2.05) is 0 Å². The number of aromatic nitrogens is 2. The van der Waals surface area contributed by atoms with E-state index in [1.165, 1.54) is 0 Å². The average Bonchev–Trinajstić information content (AvgIpc) is 3.30. The van der Waals surface area contributed by atoms with Crippen LogP contribution in [0.2, 0.25) is 0 Å². The van der Waals surface area contributed by atoms with Gasteiger partial charge in [0.15, 0.2) is 4.77 Å². The van der Waals surface area contributed by atoms with E-state index in [-0.39, 0.29) is 22.3 Å². The van der Waals surface area contributed by atoms with Crippen molar-refractivity contribution >= 4 is 29.0 Å². The lowest BCUT2D eigenvalue weighted by molar-refractivity contribution is 0.0884. The van der Waals surface area contributed by atoms with Gasteiger partial charge >= 0.3 is 0 Å². The molecule has 0 unspecified atom stereocenters. The molecule has 1 heterocycles. The van der Waals surface area contributed by atoms with Gasteiger partial charge in [-0.25, -0.2) is 0 Å². The Bertz CT molecular complexity index is 823. The van der Waals surface area contributed by atoms with Crippen LogP contribution >= 0.6 is 12.2 Å². The summed E-state index contributed by atoms with van der Waals surface area (Å²) >= 11 is 4.95. The van der Waals surface area contributed by atoms with Crippen molar-refractivity contribution in [2.75, 3.05) is 13.7 Å². The highest BCUT2D eigenvalue weighted by molar-refractivity contribution is 7.71. The number of hydrogen-bond donors (Lipinski definition) is 3. The largest absolute Gasteiger partial charge is 0.383 e. The highest BCUT2D eigenvalue weighted by Gasteiger charge is 2.32. The second-order valence-electron chi connectivity index (χ2n) is 5.54. The van der Waals surface area contributed by atoms with Gasteiger partial charge in [0.05, 0.1) is 23.6 Å². The molecule has 1 fully saturated rings. The zero-order chi connectivity index (χ0) is 15.7. The summed E-state index contributed by atoms with van der Waals surface area (Å²) in [5.41, 5.74) is 0.780. The van der Waals surface area contributed by atoms with Crippen molar-refractivity contribution in [2.24, 2.45) is 5.92 Å². The predicted molar refractivity (Wildman–Crippen MR) is 85.6 cm³/mol. The molecule has 3 rings (SSSR count). The second-order valence-corrected chi connectivity index (χ2v) is 5.95. The second kappa shape index (κ2) is 6.02. The molecule has 1 atom stereocenters. The van der Waals surface area contributed by atoms with Crippen LogP contribution in [0.3, 0.4) is 0 Å². The third kappa shape index (κ3) is 3.10. The molecular formula is C15H17N3O3S. The molecule has 1 aliphatic rings. The summed E-state index contributed by atoms with van der Waals surface area (Å²) in [6.45, 7) is 0.506. The van der Waals surface area contributed by atoms with Gasteiger partial charge < -0.3 is 15.0 Å². The van der Waals surface area contributed by atoms with Crippen LogP contribution in [-0.4, -0.2) is 35.6 Å². The van der Waals surface area contributed by atoms with E-state index in [9.17, 15) is 9.59 Å². The Morgan fingerprint density at radius 1 is 1.45 bits per heavy atom. The lowest BCUT2D eigenvalue weighted by atomic mass is 10.1. The first-order valence-corrected chi connectivity index (χ1v) is 7.55. The Labute approximate surface area is 131 Å². The maximum Gasteiger partial charge on any atom is 0.259 e. The number of carbonyl (C=O) groups is 1. The minimum atomic E-state index is -0.263. The van der Waals surface area contributed by atoms with Gasteiger partial charge in [-0.2, -0.15) is 0 Å². The van der Waals surface area contributed by atoms with Crippen molar-refractivity contribution in [3.05, 3.63) is 38.9 Å². The van der Waals surface area contributed by atoms with Gasteiger partial charge in [0.25, 0.3) is 11.5 Å². The minimum absolute atomic E-state index is 0.0332. The van der Waals surface area contributed by atoms with E-state index >= 15 is 0 Å². The van der Waals surface area contributed by atoms with Crippen molar-refractivity contribution in [3.8, 4) is 0 Å². The fourth-order valence-electron chi connectivity index (χ4n) is 2.54. The number of carbonyl (C=O) groups excluding carboxylic acids is 1. The first-order chi connectivity index (χ1) is 10.6. The summed E-state index contributed by atoms with van der Waals surface area (Å²) < 4.78 is 5.40. The SMILES string of the molecule is COC[C@H](NC(=O)c1ccc2c(=O)[nH]c(=S)[nH]c2c1)C1CC1. The third-order valence-electron chi connectivity index (χ3n) is 3.86. The Kier molecular flexibility index (Phi) is 4.08. The quantitative estimate of drug-likeness (QED) is 0.733. The molecule has 1 amide bonds. The number of nitrogens with one attached hydrogen (secondary N) is 3. The van der Waals surface area contributed by atoms with Crippen LogP contribution in [0.5, 0.6) is 0 Å². The molecule has 3 N–H and O–H groups in total. The van der Waals surface area contributed by atoms with Gasteiger partial charge in [0.1, 0.15) is 0 Å². The molecule has 1 saturated carbocycles. The summed E-state index contributed by atoms with van der Waals surface area (Å²) in [4.78, 5) is 29.6. The van der Waals surface area contributed by atoms with Gasteiger partial charge in [-0.3, -0.25) is 14.6 Å². The van der Waals surface area contributed by atoms with E-state index in [4.69, 9.17) is 17.0 Å². The van der Waals surface area contributed by atoms with Crippen molar-refractivity contribution < 1.29 is 9.53 Å². The zero-order valence-electron chi connectivity index (χ0n) is 12.1.